The largest absolute Gasteiger partial charge is 0.350 e. The third-order valence-corrected chi connectivity index (χ3v) is 7.71. The Hall–Kier alpha value is -2.91. The Morgan fingerprint density at radius 2 is 1.51 bits per heavy atom. The van der Waals surface area contributed by atoms with Gasteiger partial charge in [-0.25, -0.2) is 8.42 Å². The maximum absolute atomic E-state index is 13.6. The highest BCUT2D eigenvalue weighted by Crippen LogP contribution is 2.21. The van der Waals surface area contributed by atoms with Crippen molar-refractivity contribution in [2.75, 3.05) is 19.8 Å². The minimum Gasteiger partial charge on any atom is -0.350 e. The van der Waals surface area contributed by atoms with E-state index >= 15 is 0 Å². The number of hydrogen-bond acceptors (Lipinski definition) is 4. The lowest BCUT2D eigenvalue weighted by Gasteiger charge is -2.32. The molecule has 1 N–H and O–H groups in total. The number of carbonyl (C=O) groups excluding carboxylic acids is 2. The highest BCUT2D eigenvalue weighted by atomic mass is 35.5. The second-order valence-corrected chi connectivity index (χ2v) is 11.6. The Morgan fingerprint density at radius 1 is 0.919 bits per heavy atom. The van der Waals surface area contributed by atoms with Crippen LogP contribution in [0.4, 0.5) is 0 Å². The number of sulfonamides is 1. The van der Waals surface area contributed by atoms with Crippen molar-refractivity contribution >= 4 is 45.0 Å². The molecule has 2 amide bonds. The van der Waals surface area contributed by atoms with Crippen LogP contribution in [-0.2, 0) is 39.1 Å². The smallest absolute Gasteiger partial charge is 0.243 e. The highest BCUT2D eigenvalue weighted by Gasteiger charge is 2.32. The van der Waals surface area contributed by atoms with Gasteiger partial charge in [0.15, 0.2) is 0 Å². The molecule has 1 atom stereocenters. The third kappa shape index (κ3) is 8.57. The van der Waals surface area contributed by atoms with Crippen molar-refractivity contribution in [3.63, 3.8) is 0 Å². The number of benzene rings is 3. The van der Waals surface area contributed by atoms with E-state index in [1.54, 1.807) is 18.2 Å². The van der Waals surface area contributed by atoms with E-state index in [0.29, 0.717) is 15.6 Å². The van der Waals surface area contributed by atoms with Gasteiger partial charge in [-0.1, -0.05) is 89.9 Å². The van der Waals surface area contributed by atoms with Crippen LogP contribution in [0, 0.1) is 0 Å². The molecular formula is C27H29Cl2N3O4S. The standard InChI is InChI=1S/C27H29Cl2N3O4S/c1-31(37(2,35)36)19-26(33)32(18-21-11-7-4-8-12-21)25(15-20-9-5-3-6-10-20)27(34)30-17-22-13-14-23(28)16-24(22)29/h3-14,16,25H,15,17-19H2,1-2H3,(H,30,34)/t25-/m1/s1. The number of likely N-dealkylation sites (N-methyl/N-ethyl adjacent to an activating group) is 1. The number of halogens is 2. The summed E-state index contributed by atoms with van der Waals surface area (Å²) in [6.45, 7) is -0.131. The summed E-state index contributed by atoms with van der Waals surface area (Å²) >= 11 is 12.3. The summed E-state index contributed by atoms with van der Waals surface area (Å²) < 4.78 is 25.0. The second kappa shape index (κ2) is 13.1. The van der Waals surface area contributed by atoms with Crippen LogP contribution in [0.1, 0.15) is 16.7 Å². The van der Waals surface area contributed by atoms with Crippen molar-refractivity contribution in [2.24, 2.45) is 0 Å². The zero-order chi connectivity index (χ0) is 27.0. The van der Waals surface area contributed by atoms with Crippen molar-refractivity contribution in [1.82, 2.24) is 14.5 Å². The van der Waals surface area contributed by atoms with E-state index in [-0.39, 0.29) is 25.4 Å². The molecule has 7 nitrogen and oxygen atoms in total. The maximum atomic E-state index is 13.6. The normalized spacial score (nSPS) is 12.2. The topological polar surface area (TPSA) is 86.8 Å². The quantitative estimate of drug-likeness (QED) is 0.381. The van der Waals surface area contributed by atoms with Gasteiger partial charge in [0.1, 0.15) is 6.04 Å². The summed E-state index contributed by atoms with van der Waals surface area (Å²) in [7, 11) is -2.27. The fourth-order valence-electron chi connectivity index (χ4n) is 3.70. The Labute approximate surface area is 228 Å². The molecule has 0 fully saturated rings. The molecule has 0 aliphatic heterocycles. The number of carbonyl (C=O) groups is 2. The van der Waals surface area contributed by atoms with Crippen molar-refractivity contribution in [1.29, 1.82) is 0 Å². The number of nitrogens with one attached hydrogen (secondary N) is 1. The van der Waals surface area contributed by atoms with Gasteiger partial charge in [-0.2, -0.15) is 4.31 Å². The zero-order valence-electron chi connectivity index (χ0n) is 20.6. The molecule has 0 bridgehead atoms. The van der Waals surface area contributed by atoms with E-state index in [1.807, 2.05) is 60.7 Å². The first-order chi connectivity index (χ1) is 17.5. The van der Waals surface area contributed by atoms with Gasteiger partial charge in [0, 0.05) is 36.6 Å². The van der Waals surface area contributed by atoms with Gasteiger partial charge in [0.25, 0.3) is 0 Å². The van der Waals surface area contributed by atoms with E-state index < -0.39 is 28.5 Å². The minimum atomic E-state index is -3.60. The molecule has 10 heteroatoms. The van der Waals surface area contributed by atoms with Crippen molar-refractivity contribution in [3.8, 4) is 0 Å². The third-order valence-electron chi connectivity index (χ3n) is 5.86. The summed E-state index contributed by atoms with van der Waals surface area (Å²) in [6, 6.07) is 22.7. The molecule has 0 aromatic heterocycles. The average molecular weight is 563 g/mol. The zero-order valence-corrected chi connectivity index (χ0v) is 22.9. The summed E-state index contributed by atoms with van der Waals surface area (Å²) in [5, 5.41) is 3.79. The van der Waals surface area contributed by atoms with Gasteiger partial charge in [-0.3, -0.25) is 9.59 Å². The lowest BCUT2D eigenvalue weighted by molar-refractivity contribution is -0.141. The first-order valence-corrected chi connectivity index (χ1v) is 14.2. The number of hydrogen-bond donors (Lipinski definition) is 1. The van der Waals surface area contributed by atoms with Crippen LogP contribution < -0.4 is 5.32 Å². The predicted octanol–water partition coefficient (Wildman–Crippen LogP) is 4.14. The van der Waals surface area contributed by atoms with Gasteiger partial charge in [-0.05, 0) is 28.8 Å². The maximum Gasteiger partial charge on any atom is 0.243 e. The molecule has 3 aromatic rings. The van der Waals surface area contributed by atoms with Crippen molar-refractivity contribution in [2.45, 2.75) is 25.6 Å². The Kier molecular flexibility index (Phi) is 10.1. The van der Waals surface area contributed by atoms with Crippen LogP contribution in [0.3, 0.4) is 0 Å². The van der Waals surface area contributed by atoms with Crippen molar-refractivity contribution < 1.29 is 18.0 Å². The lowest BCUT2D eigenvalue weighted by atomic mass is 10.0. The molecule has 0 aliphatic rings. The molecule has 0 radical (unpaired) electrons. The fraction of sp³-hybridized carbons (Fsp3) is 0.259. The van der Waals surface area contributed by atoms with E-state index in [4.69, 9.17) is 23.2 Å². The fourth-order valence-corrected chi connectivity index (χ4v) is 4.52. The Morgan fingerprint density at radius 3 is 2.08 bits per heavy atom. The number of rotatable bonds is 11. The molecule has 196 valence electrons. The van der Waals surface area contributed by atoms with Crippen LogP contribution in [0.5, 0.6) is 0 Å². The Bertz CT molecular complexity index is 1320. The molecule has 0 unspecified atom stereocenters. The van der Waals surface area contributed by atoms with E-state index in [1.165, 1.54) is 11.9 Å². The van der Waals surface area contributed by atoms with E-state index in [2.05, 4.69) is 5.32 Å². The molecule has 0 saturated carbocycles. The van der Waals surface area contributed by atoms with Crippen LogP contribution in [0.15, 0.2) is 78.9 Å². The molecular weight excluding hydrogens is 533 g/mol. The van der Waals surface area contributed by atoms with Gasteiger partial charge in [0.2, 0.25) is 21.8 Å². The number of amides is 2. The summed E-state index contributed by atoms with van der Waals surface area (Å²) in [4.78, 5) is 28.6. The molecule has 3 aromatic carbocycles. The first-order valence-electron chi connectivity index (χ1n) is 11.5. The average Bonchev–Trinajstić information content (AvgIpc) is 2.86. The molecule has 0 aliphatic carbocycles. The summed E-state index contributed by atoms with van der Waals surface area (Å²) in [5.74, 6) is -0.876. The van der Waals surface area contributed by atoms with Crippen LogP contribution >= 0.6 is 23.2 Å². The lowest BCUT2D eigenvalue weighted by Crippen LogP contribution is -2.52. The number of nitrogens with zero attached hydrogens (tertiary/aromatic N) is 2. The van der Waals surface area contributed by atoms with Crippen molar-refractivity contribution in [3.05, 3.63) is 106 Å². The Balaban J connectivity index is 1.94. The molecule has 3 rings (SSSR count). The van der Waals surface area contributed by atoms with Gasteiger partial charge >= 0.3 is 0 Å². The molecule has 0 saturated heterocycles. The second-order valence-electron chi connectivity index (χ2n) is 8.69. The van der Waals surface area contributed by atoms with Crippen LogP contribution in [-0.4, -0.2) is 55.3 Å². The van der Waals surface area contributed by atoms with Gasteiger partial charge in [-0.15, -0.1) is 0 Å². The summed E-state index contributed by atoms with van der Waals surface area (Å²) in [6.07, 6.45) is 1.27. The van der Waals surface area contributed by atoms with Gasteiger partial charge in [0.05, 0.1) is 12.8 Å². The molecule has 0 heterocycles. The van der Waals surface area contributed by atoms with Crippen LogP contribution in [0.25, 0.3) is 0 Å². The predicted molar refractivity (Wildman–Crippen MR) is 147 cm³/mol. The first kappa shape index (κ1) is 28.7. The minimum absolute atomic E-state index is 0.129. The molecule has 37 heavy (non-hydrogen) atoms. The highest BCUT2D eigenvalue weighted by molar-refractivity contribution is 7.88. The molecule has 0 spiro atoms. The van der Waals surface area contributed by atoms with Crippen LogP contribution in [0.2, 0.25) is 10.0 Å². The summed E-state index contributed by atoms with van der Waals surface area (Å²) in [5.41, 5.74) is 2.34. The van der Waals surface area contributed by atoms with Gasteiger partial charge < -0.3 is 10.2 Å². The monoisotopic (exact) mass is 561 g/mol. The van der Waals surface area contributed by atoms with E-state index in [0.717, 1.165) is 21.7 Å². The SMILES string of the molecule is CN(CC(=O)N(Cc1ccccc1)[C@H](Cc1ccccc1)C(=O)NCc1ccc(Cl)cc1Cl)S(C)(=O)=O. The van der Waals surface area contributed by atoms with E-state index in [9.17, 15) is 18.0 Å².